The van der Waals surface area contributed by atoms with Gasteiger partial charge in [-0.1, -0.05) is 53.5 Å². The van der Waals surface area contributed by atoms with E-state index in [4.69, 9.17) is 23.2 Å². The van der Waals surface area contributed by atoms with Crippen molar-refractivity contribution >= 4 is 39.9 Å². The van der Waals surface area contributed by atoms with Crippen LogP contribution in [0.5, 0.6) is 0 Å². The third-order valence-electron chi connectivity index (χ3n) is 8.22. The van der Waals surface area contributed by atoms with E-state index in [1.54, 1.807) is 11.0 Å². The normalized spacial score (nSPS) is 18.0. The number of benzene rings is 3. The van der Waals surface area contributed by atoms with Crippen molar-refractivity contribution in [3.8, 4) is 6.07 Å². The first kappa shape index (κ1) is 27.9. The van der Waals surface area contributed by atoms with Crippen LogP contribution in [0.2, 0.25) is 10.0 Å². The lowest BCUT2D eigenvalue weighted by Gasteiger charge is -2.47. The predicted molar refractivity (Wildman–Crippen MR) is 156 cm³/mol. The second-order valence-electron chi connectivity index (χ2n) is 10.9. The molecule has 6 nitrogen and oxygen atoms in total. The molecule has 0 unspecified atom stereocenters. The Morgan fingerprint density at radius 1 is 1.10 bits per heavy atom. The molecule has 0 bridgehead atoms. The summed E-state index contributed by atoms with van der Waals surface area (Å²) in [6, 6.07) is 19.7. The van der Waals surface area contributed by atoms with Crippen molar-refractivity contribution < 1.29 is 9.90 Å². The monoisotopic (exact) mass is 564 g/mol. The van der Waals surface area contributed by atoms with E-state index in [0.29, 0.717) is 33.8 Å². The van der Waals surface area contributed by atoms with Crippen LogP contribution in [0.1, 0.15) is 46.7 Å². The number of carbonyl (C=O) groups is 1. The quantitative estimate of drug-likeness (QED) is 0.396. The second-order valence-corrected chi connectivity index (χ2v) is 11.7. The van der Waals surface area contributed by atoms with Crippen molar-refractivity contribution in [3.63, 3.8) is 0 Å². The molecule has 2 saturated heterocycles. The van der Waals surface area contributed by atoms with Crippen molar-refractivity contribution in [2.75, 3.05) is 46.3 Å². The first-order valence-electron chi connectivity index (χ1n) is 13.6. The smallest absolute Gasteiger partial charge is 0.254 e. The molecule has 2 fully saturated rings. The number of nitriles is 1. The van der Waals surface area contributed by atoms with Gasteiger partial charge in [0.2, 0.25) is 0 Å². The van der Waals surface area contributed by atoms with E-state index in [2.05, 4.69) is 15.9 Å². The molecule has 2 aliphatic heterocycles. The Kier molecular flexibility index (Phi) is 8.76. The highest BCUT2D eigenvalue weighted by molar-refractivity contribution is 6.42. The van der Waals surface area contributed by atoms with Crippen LogP contribution in [0.15, 0.2) is 54.6 Å². The Hall–Kier alpha value is -2.66. The van der Waals surface area contributed by atoms with Gasteiger partial charge < -0.3 is 14.9 Å². The van der Waals surface area contributed by atoms with Gasteiger partial charge in [-0.25, -0.2) is 0 Å². The zero-order chi connectivity index (χ0) is 27.5. The van der Waals surface area contributed by atoms with Crippen LogP contribution in [0.3, 0.4) is 0 Å². The van der Waals surface area contributed by atoms with Crippen LogP contribution < -0.4 is 0 Å². The minimum atomic E-state index is -0.149. The maximum atomic E-state index is 13.7. The number of fused-ring (bicyclic) bond motifs is 1. The molecule has 2 heterocycles. The Morgan fingerprint density at radius 2 is 1.85 bits per heavy atom. The molecule has 1 N–H and O–H groups in total. The standard InChI is InChI=1S/C31H34Cl2N4O2/c1-35(31(39)28-15-21(17-34)14-23-4-2-3-5-27(23)28)18-24(22-6-7-29(32)30(33)16-22)8-11-36-19-25(20-36)37-12-9-26(38)10-13-37/h2-7,14-16,24-26,38H,8-13,18-20H2,1H3/t24-/m1/s1. The second kappa shape index (κ2) is 12.2. The van der Waals surface area contributed by atoms with Crippen molar-refractivity contribution in [2.45, 2.75) is 37.3 Å². The van der Waals surface area contributed by atoms with Crippen molar-refractivity contribution in [1.29, 1.82) is 5.26 Å². The number of halogens is 2. The number of piperidine rings is 1. The lowest BCUT2D eigenvalue weighted by molar-refractivity contribution is -0.00542. The average molecular weight is 566 g/mol. The largest absolute Gasteiger partial charge is 0.393 e. The maximum absolute atomic E-state index is 13.7. The summed E-state index contributed by atoms with van der Waals surface area (Å²) in [5, 5.41) is 22.1. The number of likely N-dealkylation sites (N-methyl/N-ethyl adjacent to an activating group) is 1. The third kappa shape index (κ3) is 6.40. The van der Waals surface area contributed by atoms with Gasteiger partial charge in [-0.3, -0.25) is 9.69 Å². The number of hydrogen-bond donors (Lipinski definition) is 1. The molecule has 2 aliphatic rings. The van der Waals surface area contributed by atoms with E-state index < -0.39 is 0 Å². The first-order valence-corrected chi connectivity index (χ1v) is 14.4. The molecule has 8 heteroatoms. The van der Waals surface area contributed by atoms with Crippen molar-refractivity contribution in [2.24, 2.45) is 0 Å². The number of hydrogen-bond acceptors (Lipinski definition) is 5. The lowest BCUT2D eigenvalue weighted by Crippen LogP contribution is -2.61. The zero-order valence-corrected chi connectivity index (χ0v) is 23.7. The molecule has 3 aromatic carbocycles. The van der Waals surface area contributed by atoms with Gasteiger partial charge in [0.05, 0.1) is 27.8 Å². The molecule has 39 heavy (non-hydrogen) atoms. The Balaban J connectivity index is 1.29. The molecule has 1 atom stereocenters. The Bertz CT molecular complexity index is 1380. The lowest BCUT2D eigenvalue weighted by atomic mass is 9.93. The minimum absolute atomic E-state index is 0.0725. The van der Waals surface area contributed by atoms with Gasteiger partial charge in [0, 0.05) is 57.3 Å². The summed E-state index contributed by atoms with van der Waals surface area (Å²) in [5.41, 5.74) is 2.07. The number of nitrogens with zero attached hydrogens (tertiary/aromatic N) is 4. The molecule has 0 aliphatic carbocycles. The van der Waals surface area contributed by atoms with Gasteiger partial charge >= 0.3 is 0 Å². The topological polar surface area (TPSA) is 70.8 Å². The van der Waals surface area contributed by atoms with E-state index in [1.807, 2.05) is 55.6 Å². The van der Waals surface area contributed by atoms with E-state index in [-0.39, 0.29) is 17.9 Å². The van der Waals surface area contributed by atoms with Crippen molar-refractivity contribution in [1.82, 2.24) is 14.7 Å². The predicted octanol–water partition coefficient (Wildman–Crippen LogP) is 5.41. The van der Waals surface area contributed by atoms with Crippen LogP contribution in [-0.2, 0) is 0 Å². The molecular weight excluding hydrogens is 531 g/mol. The minimum Gasteiger partial charge on any atom is -0.393 e. The summed E-state index contributed by atoms with van der Waals surface area (Å²) in [6.07, 6.45) is 2.45. The van der Waals surface area contributed by atoms with Crippen molar-refractivity contribution in [3.05, 3.63) is 81.3 Å². The number of likely N-dealkylation sites (tertiary alicyclic amines) is 2. The van der Waals surface area contributed by atoms with Gasteiger partial charge in [0.1, 0.15) is 0 Å². The highest BCUT2D eigenvalue weighted by Crippen LogP contribution is 2.31. The number of carbonyl (C=O) groups excluding carboxylic acids is 1. The van der Waals surface area contributed by atoms with Gasteiger partial charge in [-0.2, -0.15) is 5.26 Å². The average Bonchev–Trinajstić information content (AvgIpc) is 2.92. The van der Waals surface area contributed by atoms with Crippen LogP contribution in [-0.4, -0.2) is 84.2 Å². The summed E-state index contributed by atoms with van der Waals surface area (Å²) in [6.45, 7) is 5.45. The fourth-order valence-corrected chi connectivity index (χ4v) is 6.15. The SMILES string of the molecule is CN(C[C@@H](CCN1CC(N2CCC(O)CC2)C1)c1ccc(Cl)c(Cl)c1)C(=O)c1cc(C#N)cc2ccccc12. The number of rotatable bonds is 8. The van der Waals surface area contributed by atoms with Gasteiger partial charge in [0.25, 0.3) is 5.91 Å². The fraction of sp³-hybridized carbons (Fsp3) is 0.419. The molecule has 5 rings (SSSR count). The summed E-state index contributed by atoms with van der Waals surface area (Å²) in [7, 11) is 1.82. The highest BCUT2D eigenvalue weighted by atomic mass is 35.5. The van der Waals surface area contributed by atoms with E-state index in [1.165, 1.54) is 0 Å². The van der Waals surface area contributed by atoms with Crippen LogP contribution in [0.25, 0.3) is 10.8 Å². The number of aliphatic hydroxyl groups excluding tert-OH is 1. The van der Waals surface area contributed by atoms with Crippen LogP contribution in [0, 0.1) is 11.3 Å². The van der Waals surface area contributed by atoms with E-state index in [9.17, 15) is 15.2 Å². The van der Waals surface area contributed by atoms with E-state index in [0.717, 1.165) is 68.3 Å². The fourth-order valence-electron chi connectivity index (χ4n) is 5.85. The van der Waals surface area contributed by atoms with Crippen LogP contribution >= 0.6 is 23.2 Å². The molecule has 3 aromatic rings. The molecule has 0 aromatic heterocycles. The molecule has 1 amide bonds. The third-order valence-corrected chi connectivity index (χ3v) is 8.96. The van der Waals surface area contributed by atoms with E-state index >= 15 is 0 Å². The van der Waals surface area contributed by atoms with Gasteiger partial charge in [-0.05, 0) is 66.4 Å². The molecule has 204 valence electrons. The zero-order valence-electron chi connectivity index (χ0n) is 22.2. The first-order chi connectivity index (χ1) is 18.8. The highest BCUT2D eigenvalue weighted by Gasteiger charge is 2.34. The number of amides is 1. The molecule has 0 spiro atoms. The molecule has 0 saturated carbocycles. The number of aliphatic hydroxyl groups is 1. The van der Waals surface area contributed by atoms with Crippen LogP contribution in [0.4, 0.5) is 0 Å². The summed E-state index contributed by atoms with van der Waals surface area (Å²) in [5.74, 6) is -0.0343. The summed E-state index contributed by atoms with van der Waals surface area (Å²) >= 11 is 12.6. The van der Waals surface area contributed by atoms with Gasteiger partial charge in [0.15, 0.2) is 0 Å². The maximum Gasteiger partial charge on any atom is 0.254 e. The Labute approximate surface area is 240 Å². The Morgan fingerprint density at radius 3 is 2.56 bits per heavy atom. The van der Waals surface area contributed by atoms with Gasteiger partial charge in [-0.15, -0.1) is 0 Å². The summed E-state index contributed by atoms with van der Waals surface area (Å²) < 4.78 is 0. The molecule has 0 radical (unpaired) electrons. The summed E-state index contributed by atoms with van der Waals surface area (Å²) in [4.78, 5) is 20.4. The molecular formula is C31H34Cl2N4O2.